The molecule has 20 heavy (non-hydrogen) atoms. The lowest BCUT2D eigenvalue weighted by Gasteiger charge is -2.17. The molecule has 0 spiro atoms. The first-order chi connectivity index (χ1) is 9.52. The van der Waals surface area contributed by atoms with Gasteiger partial charge in [0.05, 0.1) is 18.6 Å². The quantitative estimate of drug-likeness (QED) is 0.623. The maximum atomic E-state index is 11.2. The number of ether oxygens (including phenoxy) is 1. The van der Waals surface area contributed by atoms with E-state index in [0.717, 1.165) is 4.88 Å². The van der Waals surface area contributed by atoms with Crippen molar-refractivity contribution in [1.82, 2.24) is 9.97 Å². The molecule has 7 nitrogen and oxygen atoms in total. The number of rotatable bonds is 5. The van der Waals surface area contributed by atoms with E-state index in [1.54, 1.807) is 18.1 Å². The van der Waals surface area contributed by atoms with Gasteiger partial charge in [0.1, 0.15) is 0 Å². The fraction of sp³-hybridized carbons (Fsp3) is 0.273. The van der Waals surface area contributed by atoms with Crippen LogP contribution in [0, 0.1) is 10.1 Å². The molecule has 0 saturated carbocycles. The average molecular weight is 315 g/mol. The van der Waals surface area contributed by atoms with Crippen molar-refractivity contribution < 1.29 is 9.66 Å². The Labute approximate surface area is 123 Å². The summed E-state index contributed by atoms with van der Waals surface area (Å²) in [5.41, 5.74) is -0.159. The molecule has 0 aliphatic carbocycles. The predicted molar refractivity (Wildman–Crippen MR) is 76.7 cm³/mol. The monoisotopic (exact) mass is 314 g/mol. The topological polar surface area (TPSA) is 81.4 Å². The van der Waals surface area contributed by atoms with Crippen molar-refractivity contribution in [3.63, 3.8) is 0 Å². The highest BCUT2D eigenvalue weighted by Crippen LogP contribution is 2.35. The van der Waals surface area contributed by atoms with Gasteiger partial charge in [-0.2, -0.15) is 0 Å². The van der Waals surface area contributed by atoms with E-state index in [4.69, 9.17) is 16.3 Å². The zero-order chi connectivity index (χ0) is 14.7. The second-order valence-corrected chi connectivity index (χ2v) is 5.58. The first kappa shape index (κ1) is 14.5. The van der Waals surface area contributed by atoms with E-state index in [2.05, 4.69) is 9.97 Å². The van der Waals surface area contributed by atoms with E-state index in [-0.39, 0.29) is 17.3 Å². The summed E-state index contributed by atoms with van der Waals surface area (Å²) in [6.45, 7) is 0.422. The van der Waals surface area contributed by atoms with Gasteiger partial charge in [0.2, 0.25) is 11.6 Å². The molecule has 0 N–H and O–H groups in total. The lowest BCUT2D eigenvalue weighted by atomic mass is 10.3. The minimum Gasteiger partial charge on any atom is -0.490 e. The van der Waals surface area contributed by atoms with Gasteiger partial charge >= 0.3 is 5.69 Å². The summed E-state index contributed by atoms with van der Waals surface area (Å²) in [7, 11) is 3.09. The van der Waals surface area contributed by atoms with Crippen LogP contribution < -0.4 is 9.64 Å². The summed E-state index contributed by atoms with van der Waals surface area (Å²) >= 11 is 7.08. The number of halogens is 1. The molecule has 106 valence electrons. The third-order valence-electron chi connectivity index (χ3n) is 2.55. The number of nitrogens with zero attached hydrogens (tertiary/aromatic N) is 4. The maximum absolute atomic E-state index is 11.2. The molecule has 0 fully saturated rings. The van der Waals surface area contributed by atoms with Crippen LogP contribution in [-0.4, -0.2) is 29.0 Å². The van der Waals surface area contributed by atoms with Crippen molar-refractivity contribution >= 4 is 34.4 Å². The largest absolute Gasteiger partial charge is 0.490 e. The van der Waals surface area contributed by atoms with Gasteiger partial charge in [0, 0.05) is 30.4 Å². The van der Waals surface area contributed by atoms with Crippen LogP contribution in [0.4, 0.5) is 11.5 Å². The second-order valence-electron chi connectivity index (χ2n) is 3.88. The number of hydrogen-bond acceptors (Lipinski definition) is 7. The summed E-state index contributed by atoms with van der Waals surface area (Å²) in [5, 5.41) is 11.2. The lowest BCUT2D eigenvalue weighted by Crippen LogP contribution is -2.18. The zero-order valence-electron chi connectivity index (χ0n) is 10.7. The minimum absolute atomic E-state index is 0.159. The van der Waals surface area contributed by atoms with Gasteiger partial charge in [-0.1, -0.05) is 11.6 Å². The van der Waals surface area contributed by atoms with Gasteiger partial charge in [-0.05, 0) is 0 Å². The molecule has 0 amide bonds. The highest BCUT2D eigenvalue weighted by molar-refractivity contribution is 7.15. The van der Waals surface area contributed by atoms with Crippen molar-refractivity contribution in [2.24, 2.45) is 0 Å². The molecular formula is C11H11ClN4O3S. The molecule has 0 bridgehead atoms. The number of aromatic nitrogens is 2. The molecular weight excluding hydrogens is 304 g/mol. The van der Waals surface area contributed by atoms with Crippen LogP contribution in [0.2, 0.25) is 4.47 Å². The minimum atomic E-state index is -0.503. The summed E-state index contributed by atoms with van der Waals surface area (Å²) < 4.78 is 5.44. The Morgan fingerprint density at radius 2 is 2.30 bits per heavy atom. The molecule has 2 heterocycles. The lowest BCUT2D eigenvalue weighted by molar-refractivity contribution is -0.385. The molecule has 0 aromatic carbocycles. The van der Waals surface area contributed by atoms with Gasteiger partial charge in [-0.15, -0.1) is 11.3 Å². The standard InChI is InChI=1S/C11H11ClN4O3S/c1-15(6-7-5-14-11(12)20-7)10-9(16(17)18)8(19-2)3-4-13-10/h3-5H,6H2,1-2H3. The molecule has 2 aromatic heterocycles. The fourth-order valence-corrected chi connectivity index (χ4v) is 2.74. The van der Waals surface area contributed by atoms with Crippen LogP contribution >= 0.6 is 22.9 Å². The van der Waals surface area contributed by atoms with E-state index in [1.165, 1.54) is 30.7 Å². The maximum Gasteiger partial charge on any atom is 0.352 e. The fourth-order valence-electron chi connectivity index (χ4n) is 1.71. The highest BCUT2D eigenvalue weighted by Gasteiger charge is 2.25. The van der Waals surface area contributed by atoms with Crippen LogP contribution in [0.3, 0.4) is 0 Å². The van der Waals surface area contributed by atoms with Crippen LogP contribution in [0.1, 0.15) is 4.88 Å². The molecule has 0 radical (unpaired) electrons. The normalized spacial score (nSPS) is 10.3. The van der Waals surface area contributed by atoms with Crippen molar-refractivity contribution in [1.29, 1.82) is 0 Å². The van der Waals surface area contributed by atoms with Crippen LogP contribution in [-0.2, 0) is 6.54 Å². The van der Waals surface area contributed by atoms with Gasteiger partial charge in [-0.3, -0.25) is 10.1 Å². The van der Waals surface area contributed by atoms with E-state index < -0.39 is 4.92 Å². The molecule has 0 saturated heterocycles. The predicted octanol–water partition coefficient (Wildman–Crippen LogP) is 2.74. The molecule has 2 aromatic rings. The molecule has 0 atom stereocenters. The van der Waals surface area contributed by atoms with Crippen molar-refractivity contribution in [3.05, 3.63) is 37.9 Å². The van der Waals surface area contributed by atoms with E-state index in [0.29, 0.717) is 11.0 Å². The van der Waals surface area contributed by atoms with E-state index in [9.17, 15) is 10.1 Å². The number of pyridine rings is 1. The number of methoxy groups -OCH3 is 1. The second kappa shape index (κ2) is 6.02. The summed E-state index contributed by atoms with van der Waals surface area (Å²) in [4.78, 5) is 21.2. The summed E-state index contributed by atoms with van der Waals surface area (Å²) in [5.74, 6) is 0.410. The number of anilines is 1. The molecule has 2 rings (SSSR count). The Kier molecular flexibility index (Phi) is 4.35. The number of thiazole rings is 1. The Morgan fingerprint density at radius 3 is 2.85 bits per heavy atom. The van der Waals surface area contributed by atoms with E-state index in [1.807, 2.05) is 0 Å². The number of nitro groups is 1. The molecule has 0 aliphatic heterocycles. The first-order valence-corrected chi connectivity index (χ1v) is 6.71. The van der Waals surface area contributed by atoms with Gasteiger partial charge in [-0.25, -0.2) is 9.97 Å². The third-order valence-corrected chi connectivity index (χ3v) is 3.65. The van der Waals surface area contributed by atoms with Crippen LogP contribution in [0.15, 0.2) is 18.5 Å². The zero-order valence-corrected chi connectivity index (χ0v) is 12.3. The van der Waals surface area contributed by atoms with Gasteiger partial charge < -0.3 is 9.64 Å². The Balaban J connectivity index is 2.34. The molecule has 0 unspecified atom stereocenters. The third kappa shape index (κ3) is 2.97. The van der Waals surface area contributed by atoms with Crippen LogP contribution in [0.5, 0.6) is 5.75 Å². The van der Waals surface area contributed by atoms with Gasteiger partial charge in [0.15, 0.2) is 4.47 Å². The smallest absolute Gasteiger partial charge is 0.352 e. The first-order valence-electron chi connectivity index (χ1n) is 5.51. The summed E-state index contributed by atoms with van der Waals surface area (Å²) in [6.07, 6.45) is 3.10. The Hall–Kier alpha value is -1.93. The Morgan fingerprint density at radius 1 is 1.55 bits per heavy atom. The van der Waals surface area contributed by atoms with Crippen LogP contribution in [0.25, 0.3) is 0 Å². The molecule has 9 heteroatoms. The molecule has 0 aliphatic rings. The van der Waals surface area contributed by atoms with Gasteiger partial charge in [0.25, 0.3) is 0 Å². The van der Waals surface area contributed by atoms with E-state index >= 15 is 0 Å². The summed E-state index contributed by atoms with van der Waals surface area (Å²) in [6, 6.07) is 1.46. The average Bonchev–Trinajstić information content (AvgIpc) is 2.82. The van der Waals surface area contributed by atoms with Crippen molar-refractivity contribution in [2.75, 3.05) is 19.1 Å². The Bertz CT molecular complexity index is 634. The van der Waals surface area contributed by atoms with Crippen molar-refractivity contribution in [3.8, 4) is 5.75 Å². The SMILES string of the molecule is COc1ccnc(N(C)Cc2cnc(Cl)s2)c1[N+](=O)[O-]. The number of hydrogen-bond donors (Lipinski definition) is 0. The highest BCUT2D eigenvalue weighted by atomic mass is 35.5. The van der Waals surface area contributed by atoms with Crippen molar-refractivity contribution in [2.45, 2.75) is 6.54 Å².